The second-order valence-corrected chi connectivity index (χ2v) is 5.52. The zero-order valence-electron chi connectivity index (χ0n) is 12.3. The summed E-state index contributed by atoms with van der Waals surface area (Å²) in [6.45, 7) is 6.29. The molecule has 1 N–H and O–H groups in total. The number of hydrogen-bond acceptors (Lipinski definition) is 3. The first-order valence-corrected chi connectivity index (χ1v) is 7.00. The molecule has 1 aromatic rings. The van der Waals surface area contributed by atoms with E-state index >= 15 is 0 Å². The van der Waals surface area contributed by atoms with Crippen molar-refractivity contribution in [3.05, 3.63) is 41.2 Å². The first-order chi connectivity index (χ1) is 9.92. The van der Waals surface area contributed by atoms with Gasteiger partial charge in [0.2, 0.25) is 0 Å². The molecule has 1 heterocycles. The highest BCUT2D eigenvalue weighted by molar-refractivity contribution is 5.85. The molecular formula is C16H20FNO3. The fourth-order valence-corrected chi connectivity index (χ4v) is 2.70. The molecule has 0 bridgehead atoms. The maximum absolute atomic E-state index is 13.6. The number of aliphatic carboxylic acids is 1. The smallest absolute Gasteiger partial charge is 0.328 e. The maximum Gasteiger partial charge on any atom is 0.328 e. The van der Waals surface area contributed by atoms with E-state index in [0.29, 0.717) is 12.1 Å². The molecule has 0 amide bonds. The number of morpholine rings is 1. The van der Waals surface area contributed by atoms with Gasteiger partial charge in [0.1, 0.15) is 5.82 Å². The van der Waals surface area contributed by atoms with Crippen LogP contribution in [0, 0.1) is 5.82 Å². The summed E-state index contributed by atoms with van der Waals surface area (Å²) in [6.07, 6.45) is 2.74. The number of rotatable bonds is 4. The molecule has 2 unspecified atom stereocenters. The molecular weight excluding hydrogens is 273 g/mol. The quantitative estimate of drug-likeness (QED) is 0.867. The van der Waals surface area contributed by atoms with Gasteiger partial charge in [-0.2, -0.15) is 0 Å². The Bertz CT molecular complexity index is 534. The van der Waals surface area contributed by atoms with E-state index < -0.39 is 5.97 Å². The number of benzene rings is 1. The lowest BCUT2D eigenvalue weighted by Crippen LogP contribution is -2.44. The molecule has 1 aliphatic rings. The molecule has 1 aliphatic heterocycles. The first kappa shape index (κ1) is 15.7. The summed E-state index contributed by atoms with van der Waals surface area (Å²) in [5.74, 6) is -1.40. The van der Waals surface area contributed by atoms with Gasteiger partial charge in [0.15, 0.2) is 0 Å². The second kappa shape index (κ2) is 6.83. The highest BCUT2D eigenvalue weighted by Gasteiger charge is 2.22. The Morgan fingerprint density at radius 1 is 1.38 bits per heavy atom. The summed E-state index contributed by atoms with van der Waals surface area (Å²) in [4.78, 5) is 12.7. The fourth-order valence-electron chi connectivity index (χ4n) is 2.70. The monoisotopic (exact) mass is 293 g/mol. The molecule has 0 radical (unpaired) electrons. The molecule has 2 rings (SSSR count). The SMILES string of the molecule is CC1CN(Cc2cc(F)cc(C=CC(=O)O)c2)CC(C)O1. The van der Waals surface area contributed by atoms with Gasteiger partial charge in [0, 0.05) is 25.7 Å². The highest BCUT2D eigenvalue weighted by atomic mass is 19.1. The van der Waals surface area contributed by atoms with Crippen molar-refractivity contribution in [3.8, 4) is 0 Å². The largest absolute Gasteiger partial charge is 0.478 e. The van der Waals surface area contributed by atoms with Gasteiger partial charge in [-0.05, 0) is 43.2 Å². The van der Waals surface area contributed by atoms with E-state index in [0.717, 1.165) is 24.7 Å². The Morgan fingerprint density at radius 2 is 2.05 bits per heavy atom. The Morgan fingerprint density at radius 3 is 2.67 bits per heavy atom. The third-order valence-electron chi connectivity index (χ3n) is 3.30. The van der Waals surface area contributed by atoms with E-state index in [9.17, 15) is 9.18 Å². The standard InChI is InChI=1S/C16H20FNO3/c1-11-8-18(9-12(2)21-11)10-14-5-13(3-4-16(19)20)6-15(17)7-14/h3-7,11-12H,8-10H2,1-2H3,(H,19,20). The van der Waals surface area contributed by atoms with Gasteiger partial charge in [0.25, 0.3) is 0 Å². The number of nitrogens with zero attached hydrogens (tertiary/aromatic N) is 1. The Kier molecular flexibility index (Phi) is 5.09. The highest BCUT2D eigenvalue weighted by Crippen LogP contribution is 2.17. The Hall–Kier alpha value is -1.72. The minimum Gasteiger partial charge on any atom is -0.478 e. The molecule has 114 valence electrons. The van der Waals surface area contributed by atoms with Crippen LogP contribution in [0.4, 0.5) is 4.39 Å². The summed E-state index contributed by atoms with van der Waals surface area (Å²) in [7, 11) is 0. The van der Waals surface area contributed by atoms with Gasteiger partial charge >= 0.3 is 5.97 Å². The van der Waals surface area contributed by atoms with Gasteiger partial charge in [0.05, 0.1) is 12.2 Å². The van der Waals surface area contributed by atoms with Gasteiger partial charge in [-0.1, -0.05) is 6.07 Å². The minimum atomic E-state index is -1.04. The van der Waals surface area contributed by atoms with Gasteiger partial charge in [-0.3, -0.25) is 4.90 Å². The van der Waals surface area contributed by atoms with Gasteiger partial charge in [-0.25, -0.2) is 9.18 Å². The Labute approximate surface area is 123 Å². The van der Waals surface area contributed by atoms with E-state index in [1.807, 2.05) is 19.9 Å². The topological polar surface area (TPSA) is 49.8 Å². The minimum absolute atomic E-state index is 0.161. The summed E-state index contributed by atoms with van der Waals surface area (Å²) in [5, 5.41) is 8.63. The van der Waals surface area contributed by atoms with Crippen LogP contribution in [-0.4, -0.2) is 41.3 Å². The van der Waals surface area contributed by atoms with Crippen LogP contribution >= 0.6 is 0 Å². The van der Waals surface area contributed by atoms with Crippen molar-refractivity contribution in [3.63, 3.8) is 0 Å². The number of ether oxygens (including phenoxy) is 1. The number of carboxylic acids is 1. The van der Waals surface area contributed by atoms with Crippen LogP contribution in [-0.2, 0) is 16.1 Å². The summed E-state index contributed by atoms with van der Waals surface area (Å²) in [5.41, 5.74) is 1.39. The van der Waals surface area contributed by atoms with Gasteiger partial charge < -0.3 is 9.84 Å². The van der Waals surface area contributed by atoms with Crippen molar-refractivity contribution in [2.45, 2.75) is 32.6 Å². The van der Waals surface area contributed by atoms with E-state index in [4.69, 9.17) is 9.84 Å². The normalized spacial score (nSPS) is 23.6. The molecule has 5 heteroatoms. The average molecular weight is 293 g/mol. The third-order valence-corrected chi connectivity index (χ3v) is 3.30. The van der Waals surface area contributed by atoms with E-state index in [-0.39, 0.29) is 18.0 Å². The van der Waals surface area contributed by atoms with E-state index in [1.165, 1.54) is 18.2 Å². The molecule has 0 aromatic heterocycles. The molecule has 21 heavy (non-hydrogen) atoms. The first-order valence-electron chi connectivity index (χ1n) is 7.00. The molecule has 1 aromatic carbocycles. The van der Waals surface area contributed by atoms with Crippen LogP contribution in [0.5, 0.6) is 0 Å². The van der Waals surface area contributed by atoms with Crippen molar-refractivity contribution in [2.75, 3.05) is 13.1 Å². The fraction of sp³-hybridized carbons (Fsp3) is 0.438. The molecule has 4 nitrogen and oxygen atoms in total. The molecule has 1 fully saturated rings. The zero-order chi connectivity index (χ0) is 15.4. The number of carbonyl (C=O) groups is 1. The summed E-state index contributed by atoms with van der Waals surface area (Å²) < 4.78 is 19.3. The molecule has 2 atom stereocenters. The van der Waals surface area contributed by atoms with Crippen LogP contribution in [0.15, 0.2) is 24.3 Å². The Balaban J connectivity index is 2.10. The summed E-state index contributed by atoms with van der Waals surface area (Å²) in [6, 6.07) is 4.63. The number of halogens is 1. The van der Waals surface area contributed by atoms with Crippen LogP contribution in [0.2, 0.25) is 0 Å². The van der Waals surface area contributed by atoms with Gasteiger partial charge in [-0.15, -0.1) is 0 Å². The molecule has 0 saturated carbocycles. The predicted molar refractivity (Wildman–Crippen MR) is 78.4 cm³/mol. The van der Waals surface area contributed by atoms with E-state index in [1.54, 1.807) is 0 Å². The lowest BCUT2D eigenvalue weighted by molar-refractivity contribution is -0.131. The molecule has 1 saturated heterocycles. The van der Waals surface area contributed by atoms with Crippen molar-refractivity contribution >= 4 is 12.0 Å². The second-order valence-electron chi connectivity index (χ2n) is 5.52. The van der Waals surface area contributed by atoms with Crippen molar-refractivity contribution in [1.82, 2.24) is 4.90 Å². The predicted octanol–water partition coefficient (Wildman–Crippen LogP) is 2.53. The van der Waals surface area contributed by atoms with Crippen LogP contribution in [0.1, 0.15) is 25.0 Å². The number of carboxylic acid groups (broad SMARTS) is 1. The van der Waals surface area contributed by atoms with Crippen molar-refractivity contribution in [1.29, 1.82) is 0 Å². The van der Waals surface area contributed by atoms with E-state index in [2.05, 4.69) is 4.90 Å². The lowest BCUT2D eigenvalue weighted by atomic mass is 10.1. The third kappa shape index (κ3) is 4.95. The zero-order valence-corrected chi connectivity index (χ0v) is 12.3. The summed E-state index contributed by atoms with van der Waals surface area (Å²) >= 11 is 0. The average Bonchev–Trinajstić information content (AvgIpc) is 2.34. The van der Waals surface area contributed by atoms with Crippen molar-refractivity contribution in [2.24, 2.45) is 0 Å². The van der Waals surface area contributed by atoms with Crippen LogP contribution in [0.25, 0.3) is 6.08 Å². The van der Waals surface area contributed by atoms with Crippen LogP contribution in [0.3, 0.4) is 0 Å². The van der Waals surface area contributed by atoms with Crippen LogP contribution < -0.4 is 0 Å². The maximum atomic E-state index is 13.6. The molecule has 0 spiro atoms. The molecule has 0 aliphatic carbocycles. The lowest BCUT2D eigenvalue weighted by Gasteiger charge is -2.35. The number of hydrogen-bond donors (Lipinski definition) is 1. The van der Waals surface area contributed by atoms with Crippen molar-refractivity contribution < 1.29 is 19.0 Å².